The van der Waals surface area contributed by atoms with Gasteiger partial charge in [0.1, 0.15) is 17.8 Å². The third-order valence-corrected chi connectivity index (χ3v) is 3.34. The van der Waals surface area contributed by atoms with Crippen LogP contribution in [0.25, 0.3) is 5.65 Å². The maximum atomic E-state index is 6.11. The van der Waals surface area contributed by atoms with Gasteiger partial charge < -0.3 is 4.74 Å². The average molecular weight is 372 g/mol. The number of fused-ring (bicyclic) bond motifs is 1. The van der Waals surface area contributed by atoms with Gasteiger partial charge in [-0.25, -0.2) is 9.50 Å². The number of ether oxygens (including phenoxy) is 1. The lowest BCUT2D eigenvalue weighted by atomic mass is 10.3. The summed E-state index contributed by atoms with van der Waals surface area (Å²) in [5.41, 5.74) is 0.774. The molecule has 18 heavy (non-hydrogen) atoms. The molecule has 0 fully saturated rings. The molecule has 4 nitrogen and oxygen atoms in total. The molecule has 0 aliphatic carbocycles. The Bertz CT molecular complexity index is 713. The summed E-state index contributed by atoms with van der Waals surface area (Å²) in [6.07, 6.45) is 3.26. The van der Waals surface area contributed by atoms with Gasteiger partial charge >= 0.3 is 0 Å². The molecule has 0 N–H and O–H groups in total. The van der Waals surface area contributed by atoms with Crippen molar-refractivity contribution in [2.45, 2.75) is 0 Å². The smallest absolute Gasteiger partial charge is 0.155 e. The molecule has 6 heteroatoms. The first kappa shape index (κ1) is 11.7. The Balaban J connectivity index is 1.95. The molecule has 3 rings (SSSR count). The summed E-state index contributed by atoms with van der Waals surface area (Å²) in [6, 6.07) is 9.30. The van der Waals surface area contributed by atoms with Gasteiger partial charge in [0.15, 0.2) is 5.65 Å². The predicted octanol–water partition coefficient (Wildman–Crippen LogP) is 3.78. The highest BCUT2D eigenvalue weighted by molar-refractivity contribution is 14.1. The van der Waals surface area contributed by atoms with E-state index >= 15 is 0 Å². The topological polar surface area (TPSA) is 39.4 Å². The van der Waals surface area contributed by atoms with Gasteiger partial charge in [0.25, 0.3) is 0 Å². The molecule has 0 amide bonds. The summed E-state index contributed by atoms with van der Waals surface area (Å²) in [5, 5.41) is 4.63. The second-order valence-corrected chi connectivity index (χ2v) is 5.26. The van der Waals surface area contributed by atoms with E-state index in [0.29, 0.717) is 16.5 Å². The van der Waals surface area contributed by atoms with Gasteiger partial charge in [0, 0.05) is 3.57 Å². The van der Waals surface area contributed by atoms with Crippen molar-refractivity contribution < 1.29 is 4.74 Å². The van der Waals surface area contributed by atoms with Crippen LogP contribution in [0.3, 0.4) is 0 Å². The minimum atomic E-state index is 0.584. The highest BCUT2D eigenvalue weighted by atomic mass is 127. The predicted molar refractivity (Wildman–Crippen MR) is 77.2 cm³/mol. The van der Waals surface area contributed by atoms with E-state index in [-0.39, 0.29) is 0 Å². The Morgan fingerprint density at radius 2 is 2.11 bits per heavy atom. The van der Waals surface area contributed by atoms with E-state index in [9.17, 15) is 0 Å². The molecule has 0 unspecified atom stereocenters. The largest absolute Gasteiger partial charge is 0.454 e. The van der Waals surface area contributed by atoms with Gasteiger partial charge in [-0.15, -0.1) is 0 Å². The van der Waals surface area contributed by atoms with Crippen molar-refractivity contribution in [3.05, 3.63) is 51.4 Å². The molecular formula is C12H7ClIN3O. The van der Waals surface area contributed by atoms with E-state index in [1.54, 1.807) is 10.7 Å². The maximum absolute atomic E-state index is 6.11. The van der Waals surface area contributed by atoms with Crippen molar-refractivity contribution in [3.8, 4) is 11.5 Å². The van der Waals surface area contributed by atoms with Crippen LogP contribution in [0.5, 0.6) is 11.5 Å². The van der Waals surface area contributed by atoms with E-state index in [1.165, 1.54) is 6.33 Å². The zero-order valence-corrected chi connectivity index (χ0v) is 12.0. The second-order valence-electron chi connectivity index (χ2n) is 3.60. The van der Waals surface area contributed by atoms with Crippen molar-refractivity contribution in [1.82, 2.24) is 14.6 Å². The highest BCUT2D eigenvalue weighted by Gasteiger charge is 2.05. The van der Waals surface area contributed by atoms with E-state index in [2.05, 4.69) is 32.7 Å². The van der Waals surface area contributed by atoms with Gasteiger partial charge in [0.2, 0.25) is 0 Å². The van der Waals surface area contributed by atoms with Crippen LogP contribution in [0.2, 0.25) is 5.02 Å². The molecule has 0 aliphatic rings. The van der Waals surface area contributed by atoms with Crippen LogP contribution in [0, 0.1) is 3.57 Å². The van der Waals surface area contributed by atoms with Gasteiger partial charge in [-0.3, -0.25) is 0 Å². The summed E-state index contributed by atoms with van der Waals surface area (Å²) < 4.78 is 8.43. The number of aromatic nitrogens is 3. The Morgan fingerprint density at radius 1 is 1.22 bits per heavy atom. The zero-order valence-electron chi connectivity index (χ0n) is 9.05. The quantitative estimate of drug-likeness (QED) is 0.644. The Labute approximate surface area is 122 Å². The standard InChI is InChI=1S/C12H7ClIN3O/c13-10-5-8(14)1-3-11(10)18-9-2-4-12-15-7-16-17(12)6-9/h1-7H. The fraction of sp³-hybridized carbons (Fsp3) is 0. The Kier molecular flexibility index (Phi) is 3.09. The minimum absolute atomic E-state index is 0.584. The lowest BCUT2D eigenvalue weighted by molar-refractivity contribution is 0.478. The van der Waals surface area contributed by atoms with Gasteiger partial charge in [-0.1, -0.05) is 11.6 Å². The van der Waals surface area contributed by atoms with Gasteiger partial charge in [0.05, 0.1) is 11.2 Å². The molecule has 2 heterocycles. The van der Waals surface area contributed by atoms with Crippen LogP contribution in [-0.4, -0.2) is 14.6 Å². The Morgan fingerprint density at radius 3 is 2.94 bits per heavy atom. The van der Waals surface area contributed by atoms with Crippen molar-refractivity contribution in [2.24, 2.45) is 0 Å². The fourth-order valence-corrected chi connectivity index (χ4v) is 2.44. The second kappa shape index (κ2) is 4.74. The summed E-state index contributed by atoms with van der Waals surface area (Å²) >= 11 is 8.31. The van der Waals surface area contributed by atoms with Crippen LogP contribution in [-0.2, 0) is 0 Å². The van der Waals surface area contributed by atoms with Crippen molar-refractivity contribution in [2.75, 3.05) is 0 Å². The van der Waals surface area contributed by atoms with Crippen molar-refractivity contribution in [3.63, 3.8) is 0 Å². The molecule has 0 spiro atoms. The Hall–Kier alpha value is -1.34. The summed E-state index contributed by atoms with van der Waals surface area (Å²) in [7, 11) is 0. The molecular weight excluding hydrogens is 365 g/mol. The summed E-state index contributed by atoms with van der Waals surface area (Å²) in [6.45, 7) is 0. The van der Waals surface area contributed by atoms with Crippen molar-refractivity contribution in [1.29, 1.82) is 0 Å². The molecule has 0 saturated heterocycles. The van der Waals surface area contributed by atoms with Gasteiger partial charge in [-0.2, -0.15) is 5.10 Å². The monoisotopic (exact) mass is 371 g/mol. The number of benzene rings is 1. The maximum Gasteiger partial charge on any atom is 0.155 e. The third-order valence-electron chi connectivity index (χ3n) is 2.37. The van der Waals surface area contributed by atoms with E-state index < -0.39 is 0 Å². The number of hydrogen-bond donors (Lipinski definition) is 0. The highest BCUT2D eigenvalue weighted by Crippen LogP contribution is 2.30. The first-order valence-corrected chi connectivity index (χ1v) is 6.60. The first-order valence-electron chi connectivity index (χ1n) is 5.15. The summed E-state index contributed by atoms with van der Waals surface area (Å²) in [5.74, 6) is 1.28. The first-order chi connectivity index (χ1) is 8.72. The lowest BCUT2D eigenvalue weighted by Crippen LogP contribution is -1.91. The van der Waals surface area contributed by atoms with E-state index in [4.69, 9.17) is 16.3 Å². The SMILES string of the molecule is Clc1cc(I)ccc1Oc1ccc2ncnn2c1. The molecule has 1 aromatic carbocycles. The van der Waals surface area contributed by atoms with Crippen LogP contribution in [0.1, 0.15) is 0 Å². The number of rotatable bonds is 2. The molecule has 0 bridgehead atoms. The van der Waals surface area contributed by atoms with Crippen LogP contribution in [0.4, 0.5) is 0 Å². The molecule has 0 radical (unpaired) electrons. The van der Waals surface area contributed by atoms with Crippen LogP contribution < -0.4 is 4.74 Å². The lowest BCUT2D eigenvalue weighted by Gasteiger charge is -2.07. The molecule has 0 saturated carbocycles. The summed E-state index contributed by atoms with van der Waals surface area (Å²) in [4.78, 5) is 4.07. The van der Waals surface area contributed by atoms with Crippen molar-refractivity contribution >= 4 is 39.8 Å². The third kappa shape index (κ3) is 2.28. The van der Waals surface area contributed by atoms with Crippen LogP contribution in [0.15, 0.2) is 42.9 Å². The zero-order chi connectivity index (χ0) is 12.5. The number of nitrogens with zero attached hydrogens (tertiary/aromatic N) is 3. The number of hydrogen-bond acceptors (Lipinski definition) is 3. The number of halogens is 2. The molecule has 0 atom stereocenters. The molecule has 0 aliphatic heterocycles. The normalized spacial score (nSPS) is 10.8. The van der Waals surface area contributed by atoms with Crippen LogP contribution >= 0.6 is 34.2 Å². The molecule has 90 valence electrons. The van der Waals surface area contributed by atoms with Gasteiger partial charge in [-0.05, 0) is 52.9 Å². The molecule has 3 aromatic rings. The molecule has 2 aromatic heterocycles. The minimum Gasteiger partial charge on any atom is -0.454 e. The van der Waals surface area contributed by atoms with E-state index in [1.807, 2.05) is 30.3 Å². The average Bonchev–Trinajstić information content (AvgIpc) is 2.80. The fourth-order valence-electron chi connectivity index (χ4n) is 1.54. The number of pyridine rings is 1. The van der Waals surface area contributed by atoms with E-state index in [0.717, 1.165) is 9.22 Å².